The third-order valence-electron chi connectivity index (χ3n) is 5.19. The molecule has 3 aromatic carbocycles. The summed E-state index contributed by atoms with van der Waals surface area (Å²) < 4.78 is 39.9. The first-order valence-electron chi connectivity index (χ1n) is 10.9. The SMILES string of the molecule is CC(=O)Nc1ccc(NC(=O)[C@H](Cc2ccccc2)NS(=O)(=O)c2ccc3c(c2)OCCO3)cc1. The van der Waals surface area contributed by atoms with Gasteiger partial charge in [0.25, 0.3) is 0 Å². The summed E-state index contributed by atoms with van der Waals surface area (Å²) >= 11 is 0. The minimum absolute atomic E-state index is 0.0349. The zero-order valence-electron chi connectivity index (χ0n) is 19.0. The molecule has 4 rings (SSSR count). The Kier molecular flexibility index (Phi) is 7.33. The molecule has 0 aromatic heterocycles. The number of hydrogen-bond donors (Lipinski definition) is 3. The highest BCUT2D eigenvalue weighted by molar-refractivity contribution is 7.89. The molecule has 2 amide bonds. The molecule has 10 heteroatoms. The third kappa shape index (κ3) is 6.37. The molecule has 0 bridgehead atoms. The summed E-state index contributed by atoms with van der Waals surface area (Å²) in [6.45, 7) is 2.11. The van der Waals surface area contributed by atoms with E-state index in [1.807, 2.05) is 30.3 Å². The number of anilines is 2. The average Bonchev–Trinajstić information content (AvgIpc) is 2.84. The molecule has 0 unspecified atom stereocenters. The van der Waals surface area contributed by atoms with Crippen LogP contribution in [0.4, 0.5) is 11.4 Å². The fourth-order valence-corrected chi connectivity index (χ4v) is 4.76. The minimum Gasteiger partial charge on any atom is -0.486 e. The Morgan fingerprint density at radius 3 is 2.14 bits per heavy atom. The monoisotopic (exact) mass is 495 g/mol. The first-order chi connectivity index (χ1) is 16.8. The van der Waals surface area contributed by atoms with Crippen LogP contribution in [-0.2, 0) is 26.0 Å². The fourth-order valence-electron chi connectivity index (χ4n) is 3.55. The van der Waals surface area contributed by atoms with Gasteiger partial charge in [0, 0.05) is 24.4 Å². The number of carbonyl (C=O) groups excluding carboxylic acids is 2. The van der Waals surface area contributed by atoms with E-state index in [1.165, 1.54) is 25.1 Å². The van der Waals surface area contributed by atoms with E-state index >= 15 is 0 Å². The zero-order valence-corrected chi connectivity index (χ0v) is 19.8. The van der Waals surface area contributed by atoms with Crippen LogP contribution in [0.3, 0.4) is 0 Å². The van der Waals surface area contributed by atoms with Crippen molar-refractivity contribution in [2.24, 2.45) is 0 Å². The summed E-state index contributed by atoms with van der Waals surface area (Å²) in [7, 11) is -4.06. The number of ether oxygens (including phenoxy) is 2. The number of sulfonamides is 1. The first-order valence-corrected chi connectivity index (χ1v) is 12.4. The lowest BCUT2D eigenvalue weighted by molar-refractivity contribution is -0.117. The Morgan fingerprint density at radius 2 is 1.49 bits per heavy atom. The Morgan fingerprint density at radius 1 is 0.857 bits per heavy atom. The van der Waals surface area contributed by atoms with Crippen LogP contribution >= 0.6 is 0 Å². The topological polar surface area (TPSA) is 123 Å². The number of amides is 2. The van der Waals surface area contributed by atoms with Gasteiger partial charge in [0.05, 0.1) is 4.90 Å². The summed E-state index contributed by atoms with van der Waals surface area (Å²) in [5, 5.41) is 5.39. The van der Waals surface area contributed by atoms with Crippen molar-refractivity contribution in [1.29, 1.82) is 0 Å². The second-order valence-electron chi connectivity index (χ2n) is 7.92. The molecule has 0 fully saturated rings. The molecular weight excluding hydrogens is 470 g/mol. The Hall–Kier alpha value is -3.89. The van der Waals surface area contributed by atoms with Crippen LogP contribution in [0.2, 0.25) is 0 Å². The first kappa shape index (κ1) is 24.2. The molecule has 3 N–H and O–H groups in total. The average molecular weight is 496 g/mol. The molecule has 182 valence electrons. The lowest BCUT2D eigenvalue weighted by atomic mass is 10.1. The maximum atomic E-state index is 13.2. The van der Waals surface area contributed by atoms with Gasteiger partial charge < -0.3 is 20.1 Å². The Balaban J connectivity index is 1.55. The van der Waals surface area contributed by atoms with Gasteiger partial charge in [-0.15, -0.1) is 0 Å². The van der Waals surface area contributed by atoms with E-state index in [0.717, 1.165) is 5.56 Å². The van der Waals surface area contributed by atoms with Crippen LogP contribution in [0.5, 0.6) is 11.5 Å². The van der Waals surface area contributed by atoms with E-state index in [4.69, 9.17) is 9.47 Å². The summed E-state index contributed by atoms with van der Waals surface area (Å²) in [5.74, 6) is 0.0689. The van der Waals surface area contributed by atoms with E-state index in [2.05, 4.69) is 15.4 Å². The van der Waals surface area contributed by atoms with E-state index in [1.54, 1.807) is 24.3 Å². The second kappa shape index (κ2) is 10.6. The van der Waals surface area contributed by atoms with Crippen LogP contribution in [0.15, 0.2) is 77.7 Å². The number of hydrogen-bond acceptors (Lipinski definition) is 6. The smallest absolute Gasteiger partial charge is 0.242 e. The van der Waals surface area contributed by atoms with Gasteiger partial charge in [-0.2, -0.15) is 4.72 Å². The van der Waals surface area contributed by atoms with Crippen molar-refractivity contribution in [1.82, 2.24) is 4.72 Å². The van der Waals surface area contributed by atoms with E-state index < -0.39 is 22.0 Å². The largest absolute Gasteiger partial charge is 0.486 e. The lowest BCUT2D eigenvalue weighted by Crippen LogP contribution is -2.45. The summed E-state index contributed by atoms with van der Waals surface area (Å²) in [4.78, 5) is 24.3. The molecule has 9 nitrogen and oxygen atoms in total. The maximum Gasteiger partial charge on any atom is 0.242 e. The molecule has 35 heavy (non-hydrogen) atoms. The van der Waals surface area contributed by atoms with Crippen molar-refractivity contribution in [2.45, 2.75) is 24.3 Å². The number of nitrogens with one attached hydrogen (secondary N) is 3. The summed E-state index contributed by atoms with van der Waals surface area (Å²) in [6, 6.07) is 18.9. The van der Waals surface area contributed by atoms with E-state index in [9.17, 15) is 18.0 Å². The van der Waals surface area contributed by atoms with Gasteiger partial charge >= 0.3 is 0 Å². The van der Waals surface area contributed by atoms with Crippen LogP contribution in [0.25, 0.3) is 0 Å². The number of rotatable bonds is 8. The number of fused-ring (bicyclic) bond motifs is 1. The highest BCUT2D eigenvalue weighted by Gasteiger charge is 2.27. The molecule has 1 aliphatic heterocycles. The molecule has 1 aliphatic rings. The molecule has 1 atom stereocenters. The zero-order chi connectivity index (χ0) is 24.8. The summed E-state index contributed by atoms with van der Waals surface area (Å²) in [5.41, 5.74) is 1.83. The van der Waals surface area contributed by atoms with Crippen molar-refractivity contribution in [3.63, 3.8) is 0 Å². The van der Waals surface area contributed by atoms with Crippen LogP contribution in [0, 0.1) is 0 Å². The predicted octanol–water partition coefficient (Wildman–Crippen LogP) is 2.94. The lowest BCUT2D eigenvalue weighted by Gasteiger charge is -2.21. The van der Waals surface area contributed by atoms with Crippen molar-refractivity contribution >= 4 is 33.2 Å². The summed E-state index contributed by atoms with van der Waals surface area (Å²) in [6.07, 6.45) is 0.139. The molecule has 3 aromatic rings. The van der Waals surface area contributed by atoms with Crippen LogP contribution < -0.4 is 24.8 Å². The van der Waals surface area contributed by atoms with Crippen molar-refractivity contribution in [2.75, 3.05) is 23.8 Å². The van der Waals surface area contributed by atoms with Gasteiger partial charge in [-0.3, -0.25) is 9.59 Å². The molecule has 1 heterocycles. The number of carbonyl (C=O) groups is 2. The van der Waals surface area contributed by atoms with Crippen LogP contribution in [0.1, 0.15) is 12.5 Å². The highest BCUT2D eigenvalue weighted by Crippen LogP contribution is 2.32. The van der Waals surface area contributed by atoms with E-state index in [-0.39, 0.29) is 17.2 Å². The van der Waals surface area contributed by atoms with Gasteiger partial charge in [0.15, 0.2) is 11.5 Å². The molecule has 0 radical (unpaired) electrons. The standard InChI is InChI=1S/C25H25N3O6S/c1-17(29)26-19-7-9-20(10-8-19)27-25(30)22(15-18-5-3-2-4-6-18)28-35(31,32)21-11-12-23-24(16-21)34-14-13-33-23/h2-12,16,22,28H,13-15H2,1H3,(H,26,29)(H,27,30)/t22-/m0/s1. The Bertz CT molecular complexity index is 1310. The Labute approximate surface area is 203 Å². The molecule has 0 spiro atoms. The molecule has 0 saturated heterocycles. The highest BCUT2D eigenvalue weighted by atomic mass is 32.2. The third-order valence-corrected chi connectivity index (χ3v) is 6.66. The van der Waals surface area contributed by atoms with E-state index in [0.29, 0.717) is 36.1 Å². The van der Waals surface area contributed by atoms with Crippen molar-refractivity contribution in [3.05, 3.63) is 78.4 Å². The van der Waals surface area contributed by atoms with Gasteiger partial charge in [-0.25, -0.2) is 8.42 Å². The molecule has 0 aliphatic carbocycles. The van der Waals surface area contributed by atoms with Crippen molar-refractivity contribution in [3.8, 4) is 11.5 Å². The predicted molar refractivity (Wildman–Crippen MR) is 131 cm³/mol. The van der Waals surface area contributed by atoms with Crippen LogP contribution in [-0.4, -0.2) is 39.5 Å². The fraction of sp³-hybridized carbons (Fsp3) is 0.200. The van der Waals surface area contributed by atoms with Crippen molar-refractivity contribution < 1.29 is 27.5 Å². The number of benzene rings is 3. The maximum absolute atomic E-state index is 13.2. The second-order valence-corrected chi connectivity index (χ2v) is 9.63. The molecule has 0 saturated carbocycles. The van der Waals surface area contributed by atoms with Gasteiger partial charge in [-0.05, 0) is 48.4 Å². The minimum atomic E-state index is -4.06. The van der Waals surface area contributed by atoms with Gasteiger partial charge in [0.1, 0.15) is 19.3 Å². The quantitative estimate of drug-likeness (QED) is 0.442. The van der Waals surface area contributed by atoms with Gasteiger partial charge in [0.2, 0.25) is 21.8 Å². The van der Waals surface area contributed by atoms with Gasteiger partial charge in [-0.1, -0.05) is 30.3 Å². The normalized spacial score (nSPS) is 13.5. The molecular formula is C25H25N3O6S.